The minimum absolute atomic E-state index is 0.146. The quantitative estimate of drug-likeness (QED) is 0.742. The molecule has 143 valence electrons. The van der Waals surface area contributed by atoms with Crippen molar-refractivity contribution in [2.45, 2.75) is 19.5 Å². The molecule has 1 radical (unpaired) electrons. The van der Waals surface area contributed by atoms with Crippen LogP contribution in [0.25, 0.3) is 0 Å². The summed E-state index contributed by atoms with van der Waals surface area (Å²) in [5.41, 5.74) is 7.65. The van der Waals surface area contributed by atoms with E-state index in [1.165, 1.54) is 4.90 Å². The number of hydrogen-bond donors (Lipinski definition) is 2. The van der Waals surface area contributed by atoms with Gasteiger partial charge in [0.05, 0.1) is 12.6 Å². The zero-order valence-corrected chi connectivity index (χ0v) is 16.1. The molecule has 0 aliphatic carbocycles. The van der Waals surface area contributed by atoms with Crippen LogP contribution in [0.2, 0.25) is 0 Å². The molecule has 3 N–H and O–H groups in total. The monoisotopic (exact) mass is 367 g/mol. The van der Waals surface area contributed by atoms with Crippen LogP contribution in [-0.2, 0) is 16.1 Å². The van der Waals surface area contributed by atoms with Crippen LogP contribution < -0.4 is 11.1 Å². The predicted molar refractivity (Wildman–Crippen MR) is 106 cm³/mol. The van der Waals surface area contributed by atoms with Crippen LogP contribution in [0.3, 0.4) is 0 Å². The van der Waals surface area contributed by atoms with E-state index >= 15 is 0 Å². The van der Waals surface area contributed by atoms with Crippen molar-refractivity contribution < 1.29 is 9.59 Å². The lowest BCUT2D eigenvalue weighted by atomic mass is 10.1. The average Bonchev–Trinajstić information content (AvgIpc) is 2.68. The summed E-state index contributed by atoms with van der Waals surface area (Å²) in [6.45, 7) is 2.14. The molecule has 0 bridgehead atoms. The van der Waals surface area contributed by atoms with E-state index in [1.54, 1.807) is 25.9 Å². The molecule has 0 spiro atoms. The standard InChI is InChI=1S/C21H27N4O2/c1-16(22)21(27)25(15-17-10-6-4-7-11-17)20(18-12-8-5-9-13-18)24(3)19(26)14-23-2/h4-13,16,23H,14-15,22H2,1-3H3/t16-/m0/s1. The van der Waals surface area contributed by atoms with Crippen LogP contribution in [0.4, 0.5) is 0 Å². The Labute approximate surface area is 161 Å². The first-order chi connectivity index (χ1) is 13.0. The normalized spacial score (nSPS) is 11.9. The zero-order valence-electron chi connectivity index (χ0n) is 16.1. The number of nitrogens with two attached hydrogens (primary N) is 1. The summed E-state index contributed by atoms with van der Waals surface area (Å²) in [7, 11) is 3.39. The Kier molecular flexibility index (Phi) is 7.52. The topological polar surface area (TPSA) is 78.7 Å². The smallest absolute Gasteiger partial charge is 0.241 e. The lowest BCUT2D eigenvalue weighted by Crippen LogP contribution is -2.51. The second-order valence-electron chi connectivity index (χ2n) is 6.37. The van der Waals surface area contributed by atoms with Crippen molar-refractivity contribution >= 4 is 11.8 Å². The molecule has 0 aliphatic rings. The number of nitrogens with one attached hydrogen (secondary N) is 1. The summed E-state index contributed by atoms with van der Waals surface area (Å²) >= 11 is 0. The molecule has 0 heterocycles. The fourth-order valence-electron chi connectivity index (χ4n) is 2.77. The van der Waals surface area contributed by atoms with Crippen molar-refractivity contribution in [1.29, 1.82) is 0 Å². The first kappa shape index (κ1) is 20.6. The Morgan fingerprint density at radius 1 is 1.04 bits per heavy atom. The van der Waals surface area contributed by atoms with Gasteiger partial charge in [0.1, 0.15) is 0 Å². The van der Waals surface area contributed by atoms with E-state index < -0.39 is 6.04 Å². The Hall–Kier alpha value is -2.70. The van der Waals surface area contributed by atoms with Crippen LogP contribution in [0.1, 0.15) is 18.1 Å². The van der Waals surface area contributed by atoms with E-state index in [0.717, 1.165) is 11.1 Å². The predicted octanol–water partition coefficient (Wildman–Crippen LogP) is 1.58. The molecule has 27 heavy (non-hydrogen) atoms. The van der Waals surface area contributed by atoms with Crippen molar-refractivity contribution in [2.24, 2.45) is 5.73 Å². The summed E-state index contributed by atoms with van der Waals surface area (Å²) in [5, 5.41) is 2.86. The van der Waals surface area contributed by atoms with Gasteiger partial charge in [-0.05, 0) is 19.5 Å². The highest BCUT2D eigenvalue weighted by Gasteiger charge is 2.33. The Morgan fingerprint density at radius 3 is 2.11 bits per heavy atom. The molecule has 0 unspecified atom stereocenters. The van der Waals surface area contributed by atoms with Crippen LogP contribution >= 0.6 is 0 Å². The van der Waals surface area contributed by atoms with E-state index in [9.17, 15) is 9.59 Å². The van der Waals surface area contributed by atoms with Crippen molar-refractivity contribution in [3.05, 3.63) is 78.0 Å². The van der Waals surface area contributed by atoms with E-state index in [-0.39, 0.29) is 18.4 Å². The van der Waals surface area contributed by atoms with Gasteiger partial charge in [0.2, 0.25) is 11.8 Å². The number of nitrogens with zero attached hydrogens (tertiary/aromatic N) is 2. The van der Waals surface area contributed by atoms with Crippen LogP contribution in [-0.4, -0.2) is 48.3 Å². The van der Waals surface area contributed by atoms with E-state index in [0.29, 0.717) is 12.7 Å². The summed E-state index contributed by atoms with van der Waals surface area (Å²) in [6, 6.07) is 18.4. The SMILES string of the molecule is CNCC(=O)N(C)[C](c1ccccc1)N(Cc1ccccc1)C(=O)[C@H](C)N. The molecule has 0 aromatic heterocycles. The number of benzene rings is 2. The van der Waals surface area contributed by atoms with Crippen LogP contribution in [0.15, 0.2) is 60.7 Å². The van der Waals surface area contributed by atoms with Crippen LogP contribution in [0.5, 0.6) is 0 Å². The highest BCUT2D eigenvalue weighted by Crippen LogP contribution is 2.26. The maximum atomic E-state index is 13.0. The van der Waals surface area contributed by atoms with Gasteiger partial charge in [0.15, 0.2) is 6.17 Å². The molecule has 6 heteroatoms. The van der Waals surface area contributed by atoms with E-state index in [1.807, 2.05) is 60.7 Å². The molecule has 0 saturated heterocycles. The molecular formula is C21H27N4O2. The number of likely N-dealkylation sites (N-methyl/N-ethyl adjacent to an activating group) is 2. The second kappa shape index (κ2) is 9.85. The first-order valence-electron chi connectivity index (χ1n) is 8.90. The number of rotatable bonds is 8. The average molecular weight is 367 g/mol. The van der Waals surface area contributed by atoms with Crippen molar-refractivity contribution in [2.75, 3.05) is 20.6 Å². The Balaban J connectivity index is 2.48. The lowest BCUT2D eigenvalue weighted by Gasteiger charge is -2.37. The fourth-order valence-corrected chi connectivity index (χ4v) is 2.77. The van der Waals surface area contributed by atoms with Gasteiger partial charge in [-0.2, -0.15) is 0 Å². The third-order valence-corrected chi connectivity index (χ3v) is 4.15. The second-order valence-corrected chi connectivity index (χ2v) is 6.37. The van der Waals surface area contributed by atoms with Gasteiger partial charge >= 0.3 is 0 Å². The number of carbonyl (C=O) groups is 2. The molecule has 0 fully saturated rings. The fraction of sp³-hybridized carbons (Fsp3) is 0.286. The highest BCUT2D eigenvalue weighted by atomic mass is 16.2. The number of carbonyl (C=O) groups excluding carboxylic acids is 2. The minimum atomic E-state index is -0.694. The molecule has 0 saturated carbocycles. The van der Waals surface area contributed by atoms with Gasteiger partial charge in [-0.15, -0.1) is 0 Å². The Bertz CT molecular complexity index is 734. The zero-order chi connectivity index (χ0) is 19.8. The van der Waals surface area contributed by atoms with Gasteiger partial charge in [-0.1, -0.05) is 60.7 Å². The molecule has 0 aliphatic heterocycles. The molecule has 2 aromatic carbocycles. The molecule has 2 rings (SSSR count). The molecular weight excluding hydrogens is 340 g/mol. The van der Waals surface area contributed by atoms with Gasteiger partial charge in [0, 0.05) is 19.2 Å². The first-order valence-corrected chi connectivity index (χ1v) is 8.90. The van der Waals surface area contributed by atoms with Crippen molar-refractivity contribution in [3.63, 3.8) is 0 Å². The molecule has 1 atom stereocenters. The third kappa shape index (κ3) is 5.39. The van der Waals surface area contributed by atoms with E-state index in [4.69, 9.17) is 5.73 Å². The summed E-state index contributed by atoms with van der Waals surface area (Å²) < 4.78 is 0. The van der Waals surface area contributed by atoms with Crippen molar-refractivity contribution in [1.82, 2.24) is 15.1 Å². The van der Waals surface area contributed by atoms with Gasteiger partial charge < -0.3 is 20.9 Å². The number of hydrogen-bond acceptors (Lipinski definition) is 4. The minimum Gasteiger partial charge on any atom is -0.320 e. The maximum Gasteiger partial charge on any atom is 0.241 e. The van der Waals surface area contributed by atoms with Gasteiger partial charge in [0.25, 0.3) is 0 Å². The molecule has 2 aromatic rings. The Morgan fingerprint density at radius 2 is 1.59 bits per heavy atom. The molecule has 2 amide bonds. The summed E-state index contributed by atoms with van der Waals surface area (Å²) in [5.74, 6) is -0.395. The molecule has 6 nitrogen and oxygen atoms in total. The van der Waals surface area contributed by atoms with Crippen molar-refractivity contribution in [3.8, 4) is 0 Å². The highest BCUT2D eigenvalue weighted by molar-refractivity contribution is 5.85. The van der Waals surface area contributed by atoms with Gasteiger partial charge in [-0.25, -0.2) is 0 Å². The lowest BCUT2D eigenvalue weighted by molar-refractivity contribution is -0.137. The largest absolute Gasteiger partial charge is 0.320 e. The van der Waals surface area contributed by atoms with Crippen LogP contribution in [0, 0.1) is 6.17 Å². The summed E-state index contributed by atoms with van der Waals surface area (Å²) in [4.78, 5) is 28.6. The summed E-state index contributed by atoms with van der Waals surface area (Å²) in [6.07, 6.45) is 0.516. The number of amides is 2. The van der Waals surface area contributed by atoms with Gasteiger partial charge in [-0.3, -0.25) is 9.59 Å². The van der Waals surface area contributed by atoms with E-state index in [2.05, 4.69) is 5.32 Å². The maximum absolute atomic E-state index is 13.0. The third-order valence-electron chi connectivity index (χ3n) is 4.15.